The molecule has 132 valence electrons. The molecule has 9 heteroatoms. The Bertz CT molecular complexity index is 810. The molecule has 0 saturated carbocycles. The molecule has 0 spiro atoms. The molecule has 0 bridgehead atoms. The maximum Gasteiger partial charge on any atom is 0.471 e. The van der Waals surface area contributed by atoms with Crippen LogP contribution in [0.5, 0.6) is 0 Å². The van der Waals surface area contributed by atoms with Crippen LogP contribution in [0.25, 0.3) is 0 Å². The van der Waals surface area contributed by atoms with Gasteiger partial charge in [-0.15, -0.1) is 0 Å². The van der Waals surface area contributed by atoms with Crippen molar-refractivity contribution in [1.82, 2.24) is 5.32 Å². The van der Waals surface area contributed by atoms with Crippen LogP contribution in [-0.2, 0) is 11.3 Å². The van der Waals surface area contributed by atoms with E-state index in [2.05, 4.69) is 5.32 Å². The minimum Gasteiger partial charge on any atom is -0.344 e. The summed E-state index contributed by atoms with van der Waals surface area (Å²) in [4.78, 5) is 23.2. The lowest BCUT2D eigenvalue weighted by Crippen LogP contribution is -2.36. The summed E-state index contributed by atoms with van der Waals surface area (Å²) >= 11 is 11.8. The van der Waals surface area contributed by atoms with Crippen molar-refractivity contribution >= 4 is 40.7 Å². The van der Waals surface area contributed by atoms with Crippen molar-refractivity contribution < 1.29 is 22.8 Å². The van der Waals surface area contributed by atoms with Crippen molar-refractivity contribution in [2.75, 3.05) is 5.32 Å². The number of anilines is 1. The molecule has 0 aromatic heterocycles. The third-order valence-electron chi connectivity index (χ3n) is 3.14. The fourth-order valence-corrected chi connectivity index (χ4v) is 2.31. The number of carbonyl (C=O) groups excluding carboxylic acids is 2. The molecule has 0 aliphatic rings. The Morgan fingerprint density at radius 1 is 1.04 bits per heavy atom. The van der Waals surface area contributed by atoms with Gasteiger partial charge in [0.2, 0.25) is 0 Å². The SMILES string of the molecule is O=C(Nc1ccccc1CNC(=O)C(F)(F)F)c1cc(Cl)ccc1Cl. The van der Waals surface area contributed by atoms with E-state index in [-0.39, 0.29) is 16.3 Å². The van der Waals surface area contributed by atoms with Gasteiger partial charge in [0.25, 0.3) is 5.91 Å². The number of rotatable bonds is 4. The third-order valence-corrected chi connectivity index (χ3v) is 3.70. The first-order valence-corrected chi connectivity index (χ1v) is 7.63. The largest absolute Gasteiger partial charge is 0.471 e. The highest BCUT2D eigenvalue weighted by molar-refractivity contribution is 6.36. The average molecular weight is 391 g/mol. The fourth-order valence-electron chi connectivity index (χ4n) is 1.93. The minimum absolute atomic E-state index is 0.114. The highest BCUT2D eigenvalue weighted by Crippen LogP contribution is 2.23. The summed E-state index contributed by atoms with van der Waals surface area (Å²) in [5.74, 6) is -2.64. The van der Waals surface area contributed by atoms with Gasteiger partial charge in [0.05, 0.1) is 10.6 Å². The van der Waals surface area contributed by atoms with Crippen LogP contribution in [0, 0.1) is 0 Å². The molecule has 0 unspecified atom stereocenters. The zero-order valence-electron chi connectivity index (χ0n) is 12.5. The molecule has 0 fully saturated rings. The van der Waals surface area contributed by atoms with Crippen molar-refractivity contribution in [2.45, 2.75) is 12.7 Å². The van der Waals surface area contributed by atoms with Crippen LogP contribution in [0.4, 0.5) is 18.9 Å². The quantitative estimate of drug-likeness (QED) is 0.811. The first-order chi connectivity index (χ1) is 11.7. The predicted molar refractivity (Wildman–Crippen MR) is 88.8 cm³/mol. The van der Waals surface area contributed by atoms with Crippen LogP contribution in [0.2, 0.25) is 10.0 Å². The van der Waals surface area contributed by atoms with Gasteiger partial charge in [-0.2, -0.15) is 13.2 Å². The van der Waals surface area contributed by atoms with Crippen LogP contribution in [0.1, 0.15) is 15.9 Å². The third kappa shape index (κ3) is 5.11. The molecule has 0 aliphatic carbocycles. The monoisotopic (exact) mass is 390 g/mol. The highest BCUT2D eigenvalue weighted by Gasteiger charge is 2.38. The Hall–Kier alpha value is -2.25. The normalized spacial score (nSPS) is 11.1. The smallest absolute Gasteiger partial charge is 0.344 e. The maximum atomic E-state index is 12.3. The molecular formula is C16H11Cl2F3N2O2. The lowest BCUT2D eigenvalue weighted by atomic mass is 10.1. The molecule has 2 rings (SSSR count). The van der Waals surface area contributed by atoms with Gasteiger partial charge in [0.1, 0.15) is 0 Å². The molecular weight excluding hydrogens is 380 g/mol. The van der Waals surface area contributed by atoms with Gasteiger partial charge in [0, 0.05) is 17.3 Å². The van der Waals surface area contributed by atoms with Crippen LogP contribution in [0.15, 0.2) is 42.5 Å². The van der Waals surface area contributed by atoms with Crippen molar-refractivity contribution in [3.05, 3.63) is 63.6 Å². The van der Waals surface area contributed by atoms with Gasteiger partial charge in [-0.25, -0.2) is 0 Å². The number of hydrogen-bond acceptors (Lipinski definition) is 2. The zero-order chi connectivity index (χ0) is 18.6. The molecule has 0 saturated heterocycles. The minimum atomic E-state index is -4.98. The molecule has 4 nitrogen and oxygen atoms in total. The predicted octanol–water partition coefficient (Wildman–Crippen LogP) is 4.42. The van der Waals surface area contributed by atoms with Gasteiger partial charge < -0.3 is 10.6 Å². The number of amides is 2. The molecule has 0 aliphatic heterocycles. The summed E-state index contributed by atoms with van der Waals surface area (Å²) in [6.45, 7) is -0.405. The van der Waals surface area contributed by atoms with Crippen molar-refractivity contribution in [3.8, 4) is 0 Å². The molecule has 2 aromatic rings. The Morgan fingerprint density at radius 2 is 1.72 bits per heavy atom. The van der Waals surface area contributed by atoms with Gasteiger partial charge in [-0.1, -0.05) is 41.4 Å². The lowest BCUT2D eigenvalue weighted by molar-refractivity contribution is -0.173. The van der Waals surface area contributed by atoms with E-state index in [9.17, 15) is 22.8 Å². The van der Waals surface area contributed by atoms with Crippen molar-refractivity contribution in [1.29, 1.82) is 0 Å². The van der Waals surface area contributed by atoms with E-state index in [0.717, 1.165) is 0 Å². The molecule has 0 heterocycles. The van der Waals surface area contributed by atoms with E-state index in [1.807, 2.05) is 0 Å². The van der Waals surface area contributed by atoms with Crippen molar-refractivity contribution in [2.24, 2.45) is 0 Å². The van der Waals surface area contributed by atoms with Crippen LogP contribution in [-0.4, -0.2) is 18.0 Å². The number of alkyl halides is 3. The first kappa shape index (κ1) is 19.1. The Balaban J connectivity index is 2.16. The molecule has 2 amide bonds. The highest BCUT2D eigenvalue weighted by atomic mass is 35.5. The van der Waals surface area contributed by atoms with E-state index in [0.29, 0.717) is 10.6 Å². The van der Waals surface area contributed by atoms with Gasteiger partial charge in [-0.05, 0) is 29.8 Å². The molecule has 25 heavy (non-hydrogen) atoms. The number of benzene rings is 2. The van der Waals surface area contributed by atoms with Crippen molar-refractivity contribution in [3.63, 3.8) is 0 Å². The second-order valence-electron chi connectivity index (χ2n) is 4.92. The molecule has 0 radical (unpaired) electrons. The summed E-state index contributed by atoms with van der Waals surface area (Å²) in [5, 5.41) is 4.77. The Kier molecular flexibility index (Phi) is 5.92. The number of para-hydroxylation sites is 1. The standard InChI is InChI=1S/C16H11Cl2F3N2O2/c17-10-5-6-12(18)11(7-10)14(24)23-13-4-2-1-3-9(13)8-22-15(25)16(19,20)21/h1-7H,8H2,(H,22,25)(H,23,24). The van der Waals surface area contributed by atoms with Crippen LogP contribution >= 0.6 is 23.2 Å². The molecule has 2 aromatic carbocycles. The van der Waals surface area contributed by atoms with Crippen LogP contribution < -0.4 is 10.6 Å². The number of carbonyl (C=O) groups is 2. The van der Waals surface area contributed by atoms with E-state index in [1.165, 1.54) is 30.3 Å². The summed E-state index contributed by atoms with van der Waals surface area (Å²) in [5.41, 5.74) is 0.654. The topological polar surface area (TPSA) is 58.2 Å². The summed E-state index contributed by atoms with van der Waals surface area (Å²) < 4.78 is 36.8. The van der Waals surface area contributed by atoms with E-state index in [4.69, 9.17) is 23.2 Å². The summed E-state index contributed by atoms with van der Waals surface area (Å²) in [6.07, 6.45) is -4.98. The Labute approximate surface area is 150 Å². The van der Waals surface area contributed by atoms with E-state index < -0.39 is 24.5 Å². The fraction of sp³-hybridized carbons (Fsp3) is 0.125. The van der Waals surface area contributed by atoms with E-state index in [1.54, 1.807) is 17.4 Å². The molecule has 2 N–H and O–H groups in total. The Morgan fingerprint density at radius 3 is 2.40 bits per heavy atom. The maximum absolute atomic E-state index is 12.3. The number of hydrogen-bond donors (Lipinski definition) is 2. The zero-order valence-corrected chi connectivity index (χ0v) is 14.0. The second kappa shape index (κ2) is 7.76. The van der Waals surface area contributed by atoms with Gasteiger partial charge in [-0.3, -0.25) is 9.59 Å². The van der Waals surface area contributed by atoms with Gasteiger partial charge >= 0.3 is 12.1 Å². The molecule has 0 atom stereocenters. The number of nitrogens with one attached hydrogen (secondary N) is 2. The van der Waals surface area contributed by atoms with Crippen LogP contribution in [0.3, 0.4) is 0 Å². The summed E-state index contributed by atoms with van der Waals surface area (Å²) in [7, 11) is 0. The summed E-state index contributed by atoms with van der Waals surface area (Å²) in [6, 6.07) is 10.5. The lowest BCUT2D eigenvalue weighted by Gasteiger charge is -2.13. The second-order valence-corrected chi connectivity index (χ2v) is 5.76. The number of halogens is 5. The van der Waals surface area contributed by atoms with Gasteiger partial charge in [0.15, 0.2) is 0 Å². The first-order valence-electron chi connectivity index (χ1n) is 6.88. The average Bonchev–Trinajstić information content (AvgIpc) is 2.55. The van der Waals surface area contributed by atoms with E-state index >= 15 is 0 Å².